The van der Waals surface area contributed by atoms with Gasteiger partial charge in [-0.3, -0.25) is 4.79 Å². The van der Waals surface area contributed by atoms with Crippen LogP contribution in [0, 0.1) is 6.92 Å². The molecule has 0 saturated carbocycles. The number of carboxylic acids is 1. The van der Waals surface area contributed by atoms with E-state index in [4.69, 9.17) is 5.11 Å². The Bertz CT molecular complexity index is 1050. The number of amides is 1. The van der Waals surface area contributed by atoms with Crippen molar-refractivity contribution in [2.24, 2.45) is 0 Å². The van der Waals surface area contributed by atoms with E-state index >= 15 is 0 Å². The fourth-order valence-corrected chi connectivity index (χ4v) is 3.84. The molecule has 26 heavy (non-hydrogen) atoms. The first-order chi connectivity index (χ1) is 12.6. The Balaban J connectivity index is 1.85. The average molecular weight is 346 g/mol. The minimum atomic E-state index is -1.13. The number of carboxylic acid groups (broad SMARTS) is 1. The monoisotopic (exact) mass is 346 g/mol. The molecule has 2 N–H and O–H groups in total. The van der Waals surface area contributed by atoms with Crippen LogP contribution in [-0.4, -0.2) is 22.0 Å². The number of aromatic amines is 1. The topological polar surface area (TPSA) is 73.4 Å². The quantitative estimate of drug-likeness (QED) is 0.710. The molecular formula is C21H18N2O3. The summed E-state index contributed by atoms with van der Waals surface area (Å²) < 4.78 is 0. The van der Waals surface area contributed by atoms with E-state index in [1.165, 1.54) is 0 Å². The van der Waals surface area contributed by atoms with Gasteiger partial charge in [0.15, 0.2) is 0 Å². The zero-order valence-electron chi connectivity index (χ0n) is 14.3. The predicted octanol–water partition coefficient (Wildman–Crippen LogP) is 3.75. The number of anilines is 1. The second-order valence-corrected chi connectivity index (χ2v) is 6.44. The van der Waals surface area contributed by atoms with Gasteiger partial charge in [0.1, 0.15) is 0 Å². The van der Waals surface area contributed by atoms with Gasteiger partial charge in [-0.05, 0) is 31.0 Å². The lowest BCUT2D eigenvalue weighted by Gasteiger charge is -2.25. The fraction of sp³-hybridized carbons (Fsp3) is 0.143. The number of aromatic nitrogens is 1. The van der Waals surface area contributed by atoms with E-state index < -0.39 is 5.97 Å². The van der Waals surface area contributed by atoms with E-state index in [9.17, 15) is 9.59 Å². The molecule has 4 rings (SSSR count). The van der Waals surface area contributed by atoms with Gasteiger partial charge >= 0.3 is 5.97 Å². The molecule has 1 aliphatic heterocycles. The van der Waals surface area contributed by atoms with Crippen molar-refractivity contribution < 1.29 is 14.7 Å². The number of fused-ring (bicyclic) bond motifs is 2. The van der Waals surface area contributed by atoms with Gasteiger partial charge in [0, 0.05) is 40.0 Å². The van der Waals surface area contributed by atoms with Crippen LogP contribution in [0.2, 0.25) is 0 Å². The molecule has 1 unspecified atom stereocenters. The Morgan fingerprint density at radius 2 is 1.85 bits per heavy atom. The van der Waals surface area contributed by atoms with E-state index in [0.29, 0.717) is 6.42 Å². The van der Waals surface area contributed by atoms with Crippen molar-refractivity contribution >= 4 is 28.5 Å². The summed E-state index contributed by atoms with van der Waals surface area (Å²) >= 11 is 0. The Labute approximate surface area is 150 Å². The second kappa shape index (κ2) is 6.19. The molecule has 0 bridgehead atoms. The number of aryl methyl sites for hydroxylation is 1. The second-order valence-electron chi connectivity index (χ2n) is 6.44. The van der Waals surface area contributed by atoms with Crippen molar-refractivity contribution in [3.63, 3.8) is 0 Å². The van der Waals surface area contributed by atoms with E-state index in [1.807, 2.05) is 55.5 Å². The first-order valence-electron chi connectivity index (χ1n) is 8.45. The van der Waals surface area contributed by atoms with Crippen LogP contribution < -0.4 is 4.90 Å². The maximum atomic E-state index is 12.8. The number of rotatable bonds is 3. The van der Waals surface area contributed by atoms with Crippen LogP contribution in [0.25, 0.3) is 10.9 Å². The molecule has 0 fully saturated rings. The Morgan fingerprint density at radius 3 is 2.65 bits per heavy atom. The van der Waals surface area contributed by atoms with Gasteiger partial charge < -0.3 is 15.0 Å². The van der Waals surface area contributed by atoms with E-state index in [-0.39, 0.29) is 11.9 Å². The average Bonchev–Trinajstić information content (AvgIpc) is 3.15. The Morgan fingerprint density at radius 1 is 1.12 bits per heavy atom. The molecule has 1 atom stereocenters. The largest absolute Gasteiger partial charge is 0.478 e. The van der Waals surface area contributed by atoms with E-state index in [2.05, 4.69) is 4.98 Å². The normalized spacial score (nSPS) is 16.3. The van der Waals surface area contributed by atoms with Gasteiger partial charge in [0.25, 0.3) is 5.91 Å². The van der Waals surface area contributed by atoms with Crippen molar-refractivity contribution in [3.05, 3.63) is 77.5 Å². The first-order valence-corrected chi connectivity index (χ1v) is 8.45. The number of aliphatic carboxylic acids is 1. The maximum Gasteiger partial charge on any atom is 0.328 e. The molecule has 2 heterocycles. The lowest BCUT2D eigenvalue weighted by molar-refractivity contribution is -0.131. The number of para-hydroxylation sites is 2. The standard InChI is InChI=1S/C21H18N2O3/c1-13-21(15-7-3-4-8-16(15)22-13)18-12-14-6-2-5-9-17(14)23(18)19(24)10-11-20(25)26/h2-11,18,22H,12H2,1H3,(H,25,26)/b11-10+. The van der Waals surface area contributed by atoms with Crippen LogP contribution in [-0.2, 0) is 16.0 Å². The number of carbonyl (C=O) groups is 2. The van der Waals surface area contributed by atoms with E-state index in [1.54, 1.807) is 4.90 Å². The molecule has 130 valence electrons. The van der Waals surface area contributed by atoms with Crippen molar-refractivity contribution in [3.8, 4) is 0 Å². The van der Waals surface area contributed by atoms with Gasteiger partial charge in [-0.15, -0.1) is 0 Å². The molecule has 1 aromatic heterocycles. The molecule has 0 saturated heterocycles. The maximum absolute atomic E-state index is 12.8. The van der Waals surface area contributed by atoms with Crippen molar-refractivity contribution in [1.29, 1.82) is 0 Å². The summed E-state index contributed by atoms with van der Waals surface area (Å²) in [4.78, 5) is 28.8. The lowest BCUT2D eigenvalue weighted by Crippen LogP contribution is -2.31. The zero-order chi connectivity index (χ0) is 18.3. The van der Waals surface area contributed by atoms with Crippen LogP contribution in [0.1, 0.15) is 22.9 Å². The number of benzene rings is 2. The molecule has 1 aliphatic rings. The summed E-state index contributed by atoms with van der Waals surface area (Å²) in [5.74, 6) is -1.46. The smallest absolute Gasteiger partial charge is 0.328 e. The molecular weight excluding hydrogens is 328 g/mol. The van der Waals surface area contributed by atoms with Gasteiger partial charge in [-0.25, -0.2) is 4.79 Å². The third-order valence-electron chi connectivity index (χ3n) is 4.86. The molecule has 0 spiro atoms. The summed E-state index contributed by atoms with van der Waals surface area (Å²) in [6, 6.07) is 15.6. The SMILES string of the molecule is Cc1[nH]c2ccccc2c1C1Cc2ccccc2N1C(=O)/C=C/C(=O)O. The number of hydrogen-bond acceptors (Lipinski definition) is 2. The summed E-state index contributed by atoms with van der Waals surface area (Å²) in [7, 11) is 0. The molecule has 0 radical (unpaired) electrons. The number of nitrogens with one attached hydrogen (secondary N) is 1. The molecule has 0 aliphatic carbocycles. The summed E-state index contributed by atoms with van der Waals surface area (Å²) in [5.41, 5.74) is 5.05. The Hall–Kier alpha value is -3.34. The van der Waals surface area contributed by atoms with Crippen molar-refractivity contribution in [2.45, 2.75) is 19.4 Å². The van der Waals surface area contributed by atoms with Gasteiger partial charge in [0.05, 0.1) is 6.04 Å². The lowest BCUT2D eigenvalue weighted by atomic mass is 9.99. The highest BCUT2D eigenvalue weighted by molar-refractivity contribution is 6.06. The highest BCUT2D eigenvalue weighted by atomic mass is 16.4. The highest BCUT2D eigenvalue weighted by Gasteiger charge is 2.36. The van der Waals surface area contributed by atoms with Crippen molar-refractivity contribution in [2.75, 3.05) is 4.90 Å². The summed E-state index contributed by atoms with van der Waals surface area (Å²) in [5, 5.41) is 9.96. The molecule has 3 aromatic rings. The minimum absolute atomic E-state index is 0.172. The van der Waals surface area contributed by atoms with E-state index in [0.717, 1.165) is 45.6 Å². The Kier molecular flexibility index (Phi) is 3.84. The molecule has 1 amide bonds. The van der Waals surface area contributed by atoms with Crippen LogP contribution in [0.15, 0.2) is 60.7 Å². The molecule has 5 heteroatoms. The first kappa shape index (κ1) is 16.1. The summed E-state index contributed by atoms with van der Waals surface area (Å²) in [6.07, 6.45) is 2.72. The molecule has 2 aromatic carbocycles. The number of H-pyrrole nitrogens is 1. The van der Waals surface area contributed by atoms with Crippen LogP contribution in [0.4, 0.5) is 5.69 Å². The van der Waals surface area contributed by atoms with Crippen molar-refractivity contribution in [1.82, 2.24) is 4.98 Å². The third-order valence-corrected chi connectivity index (χ3v) is 4.86. The van der Waals surface area contributed by atoms with Crippen LogP contribution in [0.5, 0.6) is 0 Å². The number of hydrogen-bond donors (Lipinski definition) is 2. The minimum Gasteiger partial charge on any atom is -0.478 e. The number of carbonyl (C=O) groups excluding carboxylic acids is 1. The summed E-state index contributed by atoms with van der Waals surface area (Å²) in [6.45, 7) is 2.01. The number of nitrogens with zero attached hydrogens (tertiary/aromatic N) is 1. The highest BCUT2D eigenvalue weighted by Crippen LogP contribution is 2.43. The van der Waals surface area contributed by atoms with Crippen LogP contribution in [0.3, 0.4) is 0 Å². The van der Waals surface area contributed by atoms with Gasteiger partial charge in [0.2, 0.25) is 0 Å². The third kappa shape index (κ3) is 2.58. The fourth-order valence-electron chi connectivity index (χ4n) is 3.84. The molecule has 5 nitrogen and oxygen atoms in total. The van der Waals surface area contributed by atoms with Gasteiger partial charge in [-0.1, -0.05) is 36.4 Å². The van der Waals surface area contributed by atoms with Crippen LogP contribution >= 0.6 is 0 Å². The zero-order valence-corrected chi connectivity index (χ0v) is 14.3. The predicted molar refractivity (Wildman–Crippen MR) is 100 cm³/mol. The van der Waals surface area contributed by atoms with Gasteiger partial charge in [-0.2, -0.15) is 0 Å².